The van der Waals surface area contributed by atoms with Crippen LogP contribution < -0.4 is 10.6 Å². The van der Waals surface area contributed by atoms with Crippen molar-refractivity contribution >= 4 is 34.3 Å². The van der Waals surface area contributed by atoms with Gasteiger partial charge in [0.25, 0.3) is 11.8 Å². The minimum Gasteiger partial charge on any atom is -0.465 e. The van der Waals surface area contributed by atoms with Gasteiger partial charge in [0.2, 0.25) is 0 Å². The van der Waals surface area contributed by atoms with Crippen molar-refractivity contribution in [3.05, 3.63) is 46.5 Å². The van der Waals surface area contributed by atoms with Crippen molar-refractivity contribution in [1.29, 1.82) is 0 Å². The molecule has 0 unspecified atom stereocenters. The fraction of sp³-hybridized carbons (Fsp3) is 0.294. The lowest BCUT2D eigenvalue weighted by Crippen LogP contribution is -2.31. The largest absolute Gasteiger partial charge is 0.465 e. The van der Waals surface area contributed by atoms with Crippen molar-refractivity contribution in [1.82, 2.24) is 15.2 Å². The number of thiazole rings is 1. The second-order valence-electron chi connectivity index (χ2n) is 5.62. The number of carbonyl (C=O) groups excluding carboxylic acids is 3. The molecule has 0 atom stereocenters. The number of hydrogen-bond acceptors (Lipinski definition) is 7. The van der Waals surface area contributed by atoms with Crippen LogP contribution in [-0.2, 0) is 4.74 Å². The molecule has 26 heavy (non-hydrogen) atoms. The van der Waals surface area contributed by atoms with Gasteiger partial charge in [-0.1, -0.05) is 0 Å². The quantitative estimate of drug-likeness (QED) is 0.710. The Morgan fingerprint density at radius 1 is 1.12 bits per heavy atom. The lowest BCUT2D eigenvalue weighted by molar-refractivity contribution is 0.0600. The Kier molecular flexibility index (Phi) is 6.81. The first-order valence-corrected chi connectivity index (χ1v) is 8.67. The van der Waals surface area contributed by atoms with Gasteiger partial charge in [-0.25, -0.2) is 9.78 Å². The summed E-state index contributed by atoms with van der Waals surface area (Å²) < 4.78 is 4.61. The van der Waals surface area contributed by atoms with E-state index in [0.717, 1.165) is 17.9 Å². The number of methoxy groups -OCH3 is 1. The number of carbonyl (C=O) groups is 3. The van der Waals surface area contributed by atoms with Gasteiger partial charge in [-0.2, -0.15) is 0 Å². The van der Waals surface area contributed by atoms with Crippen LogP contribution in [0.4, 0.5) is 5.13 Å². The van der Waals surface area contributed by atoms with Gasteiger partial charge in [0, 0.05) is 24.0 Å². The molecule has 0 bridgehead atoms. The van der Waals surface area contributed by atoms with Gasteiger partial charge < -0.3 is 15.0 Å². The molecule has 0 saturated heterocycles. The van der Waals surface area contributed by atoms with E-state index in [-0.39, 0.29) is 17.5 Å². The van der Waals surface area contributed by atoms with Gasteiger partial charge in [-0.15, -0.1) is 11.3 Å². The Morgan fingerprint density at radius 3 is 2.38 bits per heavy atom. The topological polar surface area (TPSA) is 101 Å². The van der Waals surface area contributed by atoms with E-state index < -0.39 is 5.97 Å². The standard InChI is InChI=1S/C17H20N4O4S/c1-21(2)9-8-18-15(23)13-10-26-17(19-13)20-14(22)11-4-6-12(7-5-11)16(24)25-3/h4-7,10H,8-9H2,1-3H3,(H,18,23)(H,19,20,22). The van der Waals surface area contributed by atoms with Gasteiger partial charge >= 0.3 is 5.97 Å². The molecule has 0 fully saturated rings. The monoisotopic (exact) mass is 376 g/mol. The molecule has 2 aromatic rings. The van der Waals surface area contributed by atoms with Crippen molar-refractivity contribution in [2.45, 2.75) is 0 Å². The Morgan fingerprint density at radius 2 is 1.77 bits per heavy atom. The zero-order valence-electron chi connectivity index (χ0n) is 14.7. The second-order valence-corrected chi connectivity index (χ2v) is 6.48. The van der Waals surface area contributed by atoms with Gasteiger partial charge in [-0.3, -0.25) is 14.9 Å². The minimum atomic E-state index is -0.471. The van der Waals surface area contributed by atoms with E-state index in [1.807, 2.05) is 19.0 Å². The van der Waals surface area contributed by atoms with E-state index in [2.05, 4.69) is 20.4 Å². The predicted molar refractivity (Wildman–Crippen MR) is 98.7 cm³/mol. The number of rotatable bonds is 7. The van der Waals surface area contributed by atoms with Crippen LogP contribution in [0.2, 0.25) is 0 Å². The van der Waals surface area contributed by atoms with Gasteiger partial charge in [0.05, 0.1) is 12.7 Å². The first kappa shape index (κ1) is 19.5. The highest BCUT2D eigenvalue weighted by Gasteiger charge is 2.14. The number of hydrogen-bond donors (Lipinski definition) is 2. The van der Waals surface area contributed by atoms with Gasteiger partial charge in [0.1, 0.15) is 5.69 Å². The molecule has 2 rings (SSSR count). The summed E-state index contributed by atoms with van der Waals surface area (Å²) in [6.45, 7) is 1.23. The molecule has 1 heterocycles. The number of anilines is 1. The molecule has 0 aliphatic heterocycles. The number of amides is 2. The second kappa shape index (κ2) is 9.07. The van der Waals surface area contributed by atoms with Crippen LogP contribution in [0.15, 0.2) is 29.6 Å². The number of aromatic nitrogens is 1. The maximum atomic E-state index is 12.2. The first-order chi connectivity index (χ1) is 12.4. The minimum absolute atomic E-state index is 0.255. The summed E-state index contributed by atoms with van der Waals surface area (Å²) in [5.74, 6) is -1.14. The van der Waals surface area contributed by atoms with Crippen molar-refractivity contribution in [3.63, 3.8) is 0 Å². The molecule has 0 aliphatic rings. The number of benzene rings is 1. The number of nitrogens with one attached hydrogen (secondary N) is 2. The summed E-state index contributed by atoms with van der Waals surface area (Å²) >= 11 is 1.16. The highest BCUT2D eigenvalue weighted by Crippen LogP contribution is 2.17. The fourth-order valence-electron chi connectivity index (χ4n) is 1.96. The molecule has 0 spiro atoms. The maximum absolute atomic E-state index is 12.2. The van der Waals surface area contributed by atoms with Gasteiger partial charge in [-0.05, 0) is 38.4 Å². The molecule has 2 amide bonds. The van der Waals surface area contributed by atoms with E-state index in [4.69, 9.17) is 0 Å². The highest BCUT2D eigenvalue weighted by atomic mass is 32.1. The molecule has 2 N–H and O–H groups in total. The molecule has 0 aliphatic carbocycles. The molecule has 9 heteroatoms. The molecule has 1 aromatic heterocycles. The Bertz CT molecular complexity index is 786. The number of nitrogens with zero attached hydrogens (tertiary/aromatic N) is 2. The van der Waals surface area contributed by atoms with Crippen LogP contribution in [0.25, 0.3) is 0 Å². The van der Waals surface area contributed by atoms with Crippen molar-refractivity contribution in [2.24, 2.45) is 0 Å². The van der Waals surface area contributed by atoms with Crippen molar-refractivity contribution in [2.75, 3.05) is 39.6 Å². The number of esters is 1. The van der Waals surface area contributed by atoms with E-state index in [1.165, 1.54) is 31.4 Å². The summed E-state index contributed by atoms with van der Waals surface area (Å²) in [4.78, 5) is 41.7. The van der Waals surface area contributed by atoms with E-state index >= 15 is 0 Å². The summed E-state index contributed by atoms with van der Waals surface area (Å²) in [5, 5.41) is 7.30. The van der Waals surface area contributed by atoms with Crippen molar-refractivity contribution < 1.29 is 19.1 Å². The van der Waals surface area contributed by atoms with E-state index in [9.17, 15) is 14.4 Å². The average molecular weight is 376 g/mol. The van der Waals surface area contributed by atoms with Crippen molar-refractivity contribution in [3.8, 4) is 0 Å². The Labute approximate surface area is 155 Å². The SMILES string of the molecule is COC(=O)c1ccc(C(=O)Nc2nc(C(=O)NCCN(C)C)cs2)cc1. The smallest absolute Gasteiger partial charge is 0.337 e. The lowest BCUT2D eigenvalue weighted by atomic mass is 10.1. The van der Waals surface area contributed by atoms with Crippen LogP contribution in [0.1, 0.15) is 31.2 Å². The van der Waals surface area contributed by atoms with Crippen LogP contribution >= 0.6 is 11.3 Å². The van der Waals surface area contributed by atoms with Crippen LogP contribution in [0.5, 0.6) is 0 Å². The third-order valence-corrected chi connectivity index (χ3v) is 4.13. The Balaban J connectivity index is 1.94. The summed E-state index contributed by atoms with van der Waals surface area (Å²) in [5.41, 5.74) is 0.977. The molecule has 0 radical (unpaired) electrons. The average Bonchev–Trinajstić information content (AvgIpc) is 3.09. The Hall–Kier alpha value is -2.78. The van der Waals surface area contributed by atoms with Crippen LogP contribution in [0.3, 0.4) is 0 Å². The first-order valence-electron chi connectivity index (χ1n) is 7.79. The highest BCUT2D eigenvalue weighted by molar-refractivity contribution is 7.14. The summed E-state index contributed by atoms with van der Waals surface area (Å²) in [6.07, 6.45) is 0. The zero-order chi connectivity index (χ0) is 19.1. The predicted octanol–water partition coefficient (Wildman–Crippen LogP) is 1.47. The molecule has 0 saturated carbocycles. The van der Waals surface area contributed by atoms with Crippen LogP contribution in [0, 0.1) is 0 Å². The van der Waals surface area contributed by atoms with Crippen LogP contribution in [-0.4, -0.2) is 62.0 Å². The molecule has 138 valence electrons. The normalized spacial score (nSPS) is 10.5. The zero-order valence-corrected chi connectivity index (χ0v) is 15.6. The third kappa shape index (κ3) is 5.36. The van der Waals surface area contributed by atoms with Gasteiger partial charge in [0.15, 0.2) is 5.13 Å². The summed E-state index contributed by atoms with van der Waals surface area (Å²) in [7, 11) is 5.13. The van der Waals surface area contributed by atoms with E-state index in [0.29, 0.717) is 22.8 Å². The third-order valence-electron chi connectivity index (χ3n) is 3.37. The number of likely N-dealkylation sites (N-methyl/N-ethyl adjacent to an activating group) is 1. The summed E-state index contributed by atoms with van der Waals surface area (Å²) in [6, 6.07) is 6.05. The lowest BCUT2D eigenvalue weighted by Gasteiger charge is -2.09. The molecular weight excluding hydrogens is 356 g/mol. The molecular formula is C17H20N4O4S. The molecule has 1 aromatic carbocycles. The maximum Gasteiger partial charge on any atom is 0.337 e. The van der Waals surface area contributed by atoms with E-state index in [1.54, 1.807) is 5.38 Å². The number of ether oxygens (including phenoxy) is 1. The molecule has 8 nitrogen and oxygen atoms in total. The fourth-order valence-corrected chi connectivity index (χ4v) is 2.65.